The summed E-state index contributed by atoms with van der Waals surface area (Å²) in [6, 6.07) is 10.5. The van der Waals surface area contributed by atoms with Crippen LogP contribution < -0.4 is 16.0 Å². The van der Waals surface area contributed by atoms with Gasteiger partial charge in [-0.25, -0.2) is 14.2 Å². The number of fused-ring (bicyclic) bond motifs is 1. The maximum absolute atomic E-state index is 13.9. The van der Waals surface area contributed by atoms with Crippen LogP contribution in [0.5, 0.6) is 5.75 Å². The predicted molar refractivity (Wildman–Crippen MR) is 71.0 cm³/mol. The maximum atomic E-state index is 13.9. The minimum Gasteiger partial charge on any atom is -0.488 e. The van der Waals surface area contributed by atoms with Gasteiger partial charge in [0.05, 0.1) is 6.04 Å². The molecule has 3 N–H and O–H groups in total. The van der Waals surface area contributed by atoms with Crippen molar-refractivity contribution in [2.75, 3.05) is 0 Å². The van der Waals surface area contributed by atoms with Crippen LogP contribution in [0.2, 0.25) is 0 Å². The minimum atomic E-state index is -0.747. The van der Waals surface area contributed by atoms with Crippen molar-refractivity contribution in [2.24, 2.45) is 5.84 Å². The molecule has 3 nitrogen and oxygen atoms in total. The molecule has 20 heavy (non-hydrogen) atoms. The van der Waals surface area contributed by atoms with Crippen molar-refractivity contribution in [3.63, 3.8) is 0 Å². The van der Waals surface area contributed by atoms with Crippen molar-refractivity contribution in [2.45, 2.75) is 18.6 Å². The van der Waals surface area contributed by atoms with E-state index in [0.29, 0.717) is 6.42 Å². The van der Waals surface area contributed by atoms with Crippen LogP contribution in [0.25, 0.3) is 0 Å². The highest BCUT2D eigenvalue weighted by Crippen LogP contribution is 2.35. The van der Waals surface area contributed by atoms with Gasteiger partial charge >= 0.3 is 0 Å². The standard InChI is InChI=1S/C15H14F2N2O/c16-10-5-3-6-11(17)14(10)15(19-18)13-8-9-4-1-2-7-12(9)20-13/h1-7,13,15,19H,8,18H2. The second-order valence-electron chi connectivity index (χ2n) is 4.75. The Balaban J connectivity index is 1.93. The number of nitrogens with two attached hydrogens (primary N) is 1. The molecule has 104 valence electrons. The Kier molecular flexibility index (Phi) is 3.38. The van der Waals surface area contributed by atoms with Crippen molar-refractivity contribution < 1.29 is 13.5 Å². The van der Waals surface area contributed by atoms with Crippen molar-refractivity contribution in [3.05, 3.63) is 65.2 Å². The third-order valence-electron chi connectivity index (χ3n) is 3.53. The van der Waals surface area contributed by atoms with Crippen LogP contribution in [0, 0.1) is 11.6 Å². The highest BCUT2D eigenvalue weighted by atomic mass is 19.1. The first kappa shape index (κ1) is 13.0. The Bertz CT molecular complexity index is 588. The first-order valence-corrected chi connectivity index (χ1v) is 6.35. The molecule has 5 heteroatoms. The van der Waals surface area contributed by atoms with Crippen molar-refractivity contribution in [1.82, 2.24) is 5.43 Å². The number of para-hydroxylation sites is 1. The largest absolute Gasteiger partial charge is 0.488 e. The first-order valence-electron chi connectivity index (χ1n) is 6.35. The molecule has 0 radical (unpaired) electrons. The Hall–Kier alpha value is -1.98. The number of hydrazine groups is 1. The van der Waals surface area contributed by atoms with E-state index in [0.717, 1.165) is 11.3 Å². The quantitative estimate of drug-likeness (QED) is 0.669. The third-order valence-corrected chi connectivity index (χ3v) is 3.53. The summed E-state index contributed by atoms with van der Waals surface area (Å²) in [6.45, 7) is 0. The van der Waals surface area contributed by atoms with Gasteiger partial charge in [-0.1, -0.05) is 24.3 Å². The topological polar surface area (TPSA) is 47.3 Å². The van der Waals surface area contributed by atoms with Crippen molar-refractivity contribution in [1.29, 1.82) is 0 Å². The minimum absolute atomic E-state index is 0.0900. The van der Waals surface area contributed by atoms with Crippen LogP contribution >= 0.6 is 0 Å². The lowest BCUT2D eigenvalue weighted by atomic mass is 9.97. The van der Waals surface area contributed by atoms with Crippen LogP contribution in [0.4, 0.5) is 8.78 Å². The monoisotopic (exact) mass is 276 g/mol. The van der Waals surface area contributed by atoms with Gasteiger partial charge in [0.1, 0.15) is 23.5 Å². The molecule has 1 aliphatic heterocycles. The van der Waals surface area contributed by atoms with Gasteiger partial charge in [0.15, 0.2) is 0 Å². The lowest BCUT2D eigenvalue weighted by Gasteiger charge is -2.23. The van der Waals surface area contributed by atoms with Crippen LogP contribution in [0.15, 0.2) is 42.5 Å². The zero-order valence-corrected chi connectivity index (χ0v) is 10.6. The Labute approximate surface area is 115 Å². The fourth-order valence-electron chi connectivity index (χ4n) is 2.58. The van der Waals surface area contributed by atoms with Gasteiger partial charge in [-0.3, -0.25) is 5.84 Å². The molecule has 0 spiro atoms. The molecule has 0 aromatic heterocycles. The summed E-state index contributed by atoms with van der Waals surface area (Å²) in [5.41, 5.74) is 3.39. The number of rotatable bonds is 3. The zero-order chi connectivity index (χ0) is 14.1. The van der Waals surface area contributed by atoms with Crippen molar-refractivity contribution >= 4 is 0 Å². The lowest BCUT2D eigenvalue weighted by Crippen LogP contribution is -2.40. The molecule has 3 rings (SSSR count). The molecule has 0 saturated heterocycles. The number of nitrogens with one attached hydrogen (secondary N) is 1. The summed E-state index contributed by atoms with van der Waals surface area (Å²) < 4.78 is 33.5. The zero-order valence-electron chi connectivity index (χ0n) is 10.6. The fourth-order valence-corrected chi connectivity index (χ4v) is 2.58. The van der Waals surface area contributed by atoms with Gasteiger partial charge in [0, 0.05) is 12.0 Å². The molecule has 0 amide bonds. The van der Waals surface area contributed by atoms with E-state index in [1.54, 1.807) is 0 Å². The molecule has 0 aliphatic carbocycles. The van der Waals surface area contributed by atoms with Crippen LogP contribution in [-0.4, -0.2) is 6.10 Å². The average Bonchev–Trinajstić information content (AvgIpc) is 2.86. The van der Waals surface area contributed by atoms with E-state index >= 15 is 0 Å². The Morgan fingerprint density at radius 2 is 1.80 bits per heavy atom. The fraction of sp³-hybridized carbons (Fsp3) is 0.200. The molecule has 0 bridgehead atoms. The van der Waals surface area contributed by atoms with Crippen LogP contribution in [0.3, 0.4) is 0 Å². The predicted octanol–water partition coefficient (Wildman–Crippen LogP) is 2.47. The Morgan fingerprint density at radius 1 is 1.10 bits per heavy atom. The number of benzene rings is 2. The number of ether oxygens (including phenoxy) is 1. The van der Waals surface area contributed by atoms with E-state index in [9.17, 15) is 8.78 Å². The number of hydrogen-bond donors (Lipinski definition) is 2. The molecule has 2 atom stereocenters. The smallest absolute Gasteiger partial charge is 0.131 e. The summed E-state index contributed by atoms with van der Waals surface area (Å²) in [7, 11) is 0. The molecule has 2 unspecified atom stereocenters. The van der Waals surface area contributed by atoms with Crippen LogP contribution in [0.1, 0.15) is 17.2 Å². The second-order valence-corrected chi connectivity index (χ2v) is 4.75. The second kappa shape index (κ2) is 5.19. The van der Waals surface area contributed by atoms with Crippen molar-refractivity contribution in [3.8, 4) is 5.75 Å². The lowest BCUT2D eigenvalue weighted by molar-refractivity contribution is 0.174. The van der Waals surface area contributed by atoms with Gasteiger partial charge < -0.3 is 4.74 Å². The molecule has 2 aromatic carbocycles. The van der Waals surface area contributed by atoms with E-state index in [1.165, 1.54) is 18.2 Å². The molecule has 1 heterocycles. The normalized spacial score (nSPS) is 18.4. The number of hydrogen-bond acceptors (Lipinski definition) is 3. The van der Waals surface area contributed by atoms with Gasteiger partial charge in [-0.2, -0.15) is 0 Å². The average molecular weight is 276 g/mol. The summed E-state index contributed by atoms with van der Waals surface area (Å²) in [5, 5.41) is 0. The summed E-state index contributed by atoms with van der Waals surface area (Å²) in [5.74, 6) is 4.96. The molecule has 1 aliphatic rings. The molecule has 2 aromatic rings. The molecule has 0 fully saturated rings. The highest BCUT2D eigenvalue weighted by molar-refractivity contribution is 5.39. The van der Waals surface area contributed by atoms with Gasteiger partial charge in [0.25, 0.3) is 0 Å². The highest BCUT2D eigenvalue weighted by Gasteiger charge is 2.33. The first-order chi connectivity index (χ1) is 9.70. The molecular weight excluding hydrogens is 262 g/mol. The maximum Gasteiger partial charge on any atom is 0.131 e. The molecule has 0 saturated carbocycles. The van der Waals surface area contributed by atoms with Crippen LogP contribution in [-0.2, 0) is 6.42 Å². The number of halogens is 2. The van der Waals surface area contributed by atoms with Gasteiger partial charge in [-0.15, -0.1) is 0 Å². The molecular formula is C15H14F2N2O. The summed E-state index contributed by atoms with van der Waals surface area (Å²) in [6.07, 6.45) is 0.113. The summed E-state index contributed by atoms with van der Waals surface area (Å²) in [4.78, 5) is 0. The van der Waals surface area contributed by atoms with Gasteiger partial charge in [-0.05, 0) is 23.8 Å². The summed E-state index contributed by atoms with van der Waals surface area (Å²) >= 11 is 0. The SMILES string of the molecule is NNC(c1c(F)cccc1F)C1Cc2ccccc2O1. The third kappa shape index (κ3) is 2.15. The Morgan fingerprint density at radius 3 is 2.45 bits per heavy atom. The van der Waals surface area contributed by atoms with E-state index in [-0.39, 0.29) is 5.56 Å². The van der Waals surface area contributed by atoms with E-state index in [2.05, 4.69) is 5.43 Å². The van der Waals surface area contributed by atoms with E-state index in [1.807, 2.05) is 24.3 Å². The van der Waals surface area contributed by atoms with E-state index < -0.39 is 23.8 Å². The van der Waals surface area contributed by atoms with Gasteiger partial charge in [0.2, 0.25) is 0 Å². The van der Waals surface area contributed by atoms with E-state index in [4.69, 9.17) is 10.6 Å².